The number of halogens is 1. The summed E-state index contributed by atoms with van der Waals surface area (Å²) in [6.07, 6.45) is 5.57. The molecule has 7 heteroatoms. The Balaban J connectivity index is 1.24. The van der Waals surface area contributed by atoms with Gasteiger partial charge in [0.25, 0.3) is 5.91 Å². The number of nitrogens with zero attached hydrogens (tertiary/aromatic N) is 4. The molecule has 3 heterocycles. The molecule has 4 aromatic rings. The molecule has 0 aliphatic carbocycles. The summed E-state index contributed by atoms with van der Waals surface area (Å²) < 4.78 is 1.94. The molecule has 32 heavy (non-hydrogen) atoms. The van der Waals surface area contributed by atoms with Gasteiger partial charge in [0.1, 0.15) is 5.82 Å². The number of pyridine rings is 1. The van der Waals surface area contributed by atoms with E-state index in [0.717, 1.165) is 38.0 Å². The number of carbonyl (C=O) groups is 1. The number of rotatable bonds is 5. The Morgan fingerprint density at radius 1 is 1.00 bits per heavy atom. The zero-order valence-electron chi connectivity index (χ0n) is 17.6. The molecule has 6 nitrogen and oxygen atoms in total. The number of benzene rings is 2. The van der Waals surface area contributed by atoms with Gasteiger partial charge in [0, 0.05) is 37.3 Å². The van der Waals surface area contributed by atoms with E-state index in [-0.39, 0.29) is 11.9 Å². The van der Waals surface area contributed by atoms with E-state index in [1.807, 2.05) is 29.1 Å². The number of amides is 1. The van der Waals surface area contributed by atoms with Crippen LogP contribution in [0.3, 0.4) is 0 Å². The van der Waals surface area contributed by atoms with Crippen LogP contribution >= 0.6 is 11.6 Å². The molecular weight excluding hydrogens is 422 g/mol. The molecule has 1 fully saturated rings. The first kappa shape index (κ1) is 20.7. The van der Waals surface area contributed by atoms with Crippen molar-refractivity contribution < 1.29 is 4.79 Å². The van der Waals surface area contributed by atoms with Gasteiger partial charge in [-0.3, -0.25) is 14.7 Å². The third kappa shape index (κ3) is 4.24. The second-order valence-corrected chi connectivity index (χ2v) is 8.50. The van der Waals surface area contributed by atoms with E-state index < -0.39 is 0 Å². The minimum atomic E-state index is -0.223. The van der Waals surface area contributed by atoms with Gasteiger partial charge in [0.2, 0.25) is 0 Å². The van der Waals surface area contributed by atoms with E-state index in [1.54, 1.807) is 24.4 Å². The molecule has 5 rings (SSSR count). The summed E-state index contributed by atoms with van der Waals surface area (Å²) in [6, 6.07) is 19.5. The highest BCUT2D eigenvalue weighted by Crippen LogP contribution is 2.28. The summed E-state index contributed by atoms with van der Waals surface area (Å²) in [6.45, 7) is 2.85. The zero-order chi connectivity index (χ0) is 21.9. The monoisotopic (exact) mass is 445 g/mol. The normalized spacial score (nSPS) is 15.2. The summed E-state index contributed by atoms with van der Waals surface area (Å²) in [5.41, 5.74) is 2.80. The molecule has 2 aromatic heterocycles. The van der Waals surface area contributed by atoms with E-state index in [1.165, 1.54) is 10.9 Å². The fourth-order valence-corrected chi connectivity index (χ4v) is 4.61. The van der Waals surface area contributed by atoms with Crippen LogP contribution in [0, 0.1) is 0 Å². The molecule has 162 valence electrons. The molecule has 0 saturated carbocycles. The molecule has 1 aliphatic heterocycles. The van der Waals surface area contributed by atoms with Gasteiger partial charge in [-0.05, 0) is 42.7 Å². The van der Waals surface area contributed by atoms with Gasteiger partial charge in [-0.25, -0.2) is 4.68 Å². The lowest BCUT2D eigenvalue weighted by molar-refractivity contribution is 0.102. The minimum absolute atomic E-state index is 0.223. The van der Waals surface area contributed by atoms with Crippen molar-refractivity contribution >= 4 is 34.2 Å². The number of nitrogens with one attached hydrogen (secondary N) is 1. The Morgan fingerprint density at radius 3 is 2.62 bits per heavy atom. The zero-order valence-corrected chi connectivity index (χ0v) is 18.4. The Morgan fingerprint density at radius 2 is 1.78 bits per heavy atom. The van der Waals surface area contributed by atoms with E-state index >= 15 is 0 Å². The standard InChI is InChI=1S/C25H24ClN5O/c26-22-7-3-1-6-21(22)25(32)29-24-10-14-28-31(24)19-11-15-30(16-12-19)17-18-9-13-27-23-8-4-2-5-20(18)23/h1-10,13-14,19H,11-12,15-17H2,(H,29,32). The molecule has 0 atom stereocenters. The fourth-order valence-electron chi connectivity index (χ4n) is 4.39. The molecule has 2 aromatic carbocycles. The Hall–Kier alpha value is -3.22. The lowest BCUT2D eigenvalue weighted by Crippen LogP contribution is -2.35. The summed E-state index contributed by atoms with van der Waals surface area (Å²) in [4.78, 5) is 19.6. The van der Waals surface area contributed by atoms with Crippen molar-refractivity contribution in [2.24, 2.45) is 0 Å². The number of anilines is 1. The van der Waals surface area contributed by atoms with Crippen molar-refractivity contribution in [3.05, 3.63) is 89.2 Å². The second kappa shape index (κ2) is 9.10. The minimum Gasteiger partial charge on any atom is -0.307 e. The third-order valence-electron chi connectivity index (χ3n) is 6.07. The second-order valence-electron chi connectivity index (χ2n) is 8.09. The highest BCUT2D eigenvalue weighted by molar-refractivity contribution is 6.34. The summed E-state index contributed by atoms with van der Waals surface area (Å²) >= 11 is 6.17. The Kier molecular flexibility index (Phi) is 5.88. The predicted octanol–water partition coefficient (Wildman–Crippen LogP) is 5.17. The molecular formula is C25H24ClN5O. The summed E-state index contributed by atoms with van der Waals surface area (Å²) in [5, 5.41) is 9.13. The summed E-state index contributed by atoms with van der Waals surface area (Å²) in [5.74, 6) is 0.479. The topological polar surface area (TPSA) is 63.1 Å². The molecule has 1 saturated heterocycles. The molecule has 1 amide bonds. The number of carbonyl (C=O) groups excluding carboxylic acids is 1. The van der Waals surface area contributed by atoms with Gasteiger partial charge in [-0.15, -0.1) is 0 Å². The maximum atomic E-state index is 12.7. The van der Waals surface area contributed by atoms with Crippen molar-refractivity contribution in [1.82, 2.24) is 19.7 Å². The van der Waals surface area contributed by atoms with Crippen LogP contribution in [-0.4, -0.2) is 38.7 Å². The van der Waals surface area contributed by atoms with Crippen molar-refractivity contribution in [1.29, 1.82) is 0 Å². The number of hydrogen-bond donors (Lipinski definition) is 1. The van der Waals surface area contributed by atoms with Crippen LogP contribution in [0.25, 0.3) is 10.9 Å². The van der Waals surface area contributed by atoms with Crippen LogP contribution < -0.4 is 5.32 Å². The van der Waals surface area contributed by atoms with Crippen LogP contribution in [0.15, 0.2) is 73.1 Å². The van der Waals surface area contributed by atoms with Crippen LogP contribution in [0.4, 0.5) is 5.82 Å². The number of aromatic nitrogens is 3. The van der Waals surface area contributed by atoms with E-state index in [9.17, 15) is 4.79 Å². The lowest BCUT2D eigenvalue weighted by atomic mass is 10.0. The van der Waals surface area contributed by atoms with Crippen molar-refractivity contribution in [2.75, 3.05) is 18.4 Å². The molecule has 1 aliphatic rings. The van der Waals surface area contributed by atoms with Gasteiger partial charge in [0.05, 0.1) is 28.3 Å². The van der Waals surface area contributed by atoms with Gasteiger partial charge >= 0.3 is 0 Å². The third-order valence-corrected chi connectivity index (χ3v) is 6.40. The first-order chi connectivity index (χ1) is 15.7. The molecule has 0 bridgehead atoms. The van der Waals surface area contributed by atoms with E-state index in [4.69, 9.17) is 11.6 Å². The number of piperidine rings is 1. The van der Waals surface area contributed by atoms with Crippen LogP contribution in [0.2, 0.25) is 5.02 Å². The van der Waals surface area contributed by atoms with E-state index in [2.05, 4.69) is 44.6 Å². The molecule has 1 N–H and O–H groups in total. The van der Waals surface area contributed by atoms with Gasteiger partial charge < -0.3 is 5.32 Å². The van der Waals surface area contributed by atoms with Crippen LogP contribution in [0.1, 0.15) is 34.8 Å². The van der Waals surface area contributed by atoms with Gasteiger partial charge in [-0.2, -0.15) is 5.10 Å². The highest BCUT2D eigenvalue weighted by Gasteiger charge is 2.24. The lowest BCUT2D eigenvalue weighted by Gasteiger charge is -2.33. The number of fused-ring (bicyclic) bond motifs is 1. The van der Waals surface area contributed by atoms with Crippen LogP contribution in [-0.2, 0) is 6.54 Å². The first-order valence-corrected chi connectivity index (χ1v) is 11.2. The molecule has 0 unspecified atom stereocenters. The predicted molar refractivity (Wildman–Crippen MR) is 127 cm³/mol. The van der Waals surface area contributed by atoms with Gasteiger partial charge in [0.15, 0.2) is 0 Å². The summed E-state index contributed by atoms with van der Waals surface area (Å²) in [7, 11) is 0. The Bertz CT molecular complexity index is 1240. The van der Waals surface area contributed by atoms with Crippen molar-refractivity contribution in [3.63, 3.8) is 0 Å². The number of para-hydroxylation sites is 1. The molecule has 0 radical (unpaired) electrons. The van der Waals surface area contributed by atoms with Crippen molar-refractivity contribution in [2.45, 2.75) is 25.4 Å². The SMILES string of the molecule is O=C(Nc1ccnn1C1CCN(Cc2ccnc3ccccc23)CC1)c1ccccc1Cl. The quantitative estimate of drug-likeness (QED) is 0.460. The number of likely N-dealkylation sites (tertiary alicyclic amines) is 1. The average molecular weight is 446 g/mol. The average Bonchev–Trinajstić information content (AvgIpc) is 3.28. The maximum absolute atomic E-state index is 12.7. The maximum Gasteiger partial charge on any atom is 0.258 e. The van der Waals surface area contributed by atoms with Crippen LogP contribution in [0.5, 0.6) is 0 Å². The fraction of sp³-hybridized carbons (Fsp3) is 0.240. The van der Waals surface area contributed by atoms with Crippen molar-refractivity contribution in [3.8, 4) is 0 Å². The van der Waals surface area contributed by atoms with Gasteiger partial charge in [-0.1, -0.05) is 41.9 Å². The number of hydrogen-bond acceptors (Lipinski definition) is 4. The first-order valence-electron chi connectivity index (χ1n) is 10.8. The highest BCUT2D eigenvalue weighted by atomic mass is 35.5. The van der Waals surface area contributed by atoms with E-state index in [0.29, 0.717) is 16.4 Å². The smallest absolute Gasteiger partial charge is 0.258 e. The molecule has 0 spiro atoms. The largest absolute Gasteiger partial charge is 0.307 e. The Labute approximate surface area is 191 Å².